The summed E-state index contributed by atoms with van der Waals surface area (Å²) >= 11 is 0. The van der Waals surface area contributed by atoms with Gasteiger partial charge in [0.15, 0.2) is 0 Å². The largest absolute Gasteiger partial charge is 0.369 e. The molecule has 0 aromatic carbocycles. The predicted molar refractivity (Wildman–Crippen MR) is 55.3 cm³/mol. The monoisotopic (exact) mass is 204 g/mol. The van der Waals surface area contributed by atoms with Gasteiger partial charge in [-0.15, -0.1) is 0 Å². The van der Waals surface area contributed by atoms with Gasteiger partial charge in [0.1, 0.15) is 17.1 Å². The van der Waals surface area contributed by atoms with Crippen molar-refractivity contribution in [3.63, 3.8) is 0 Å². The molecule has 1 aliphatic heterocycles. The summed E-state index contributed by atoms with van der Waals surface area (Å²) in [7, 11) is 0. The van der Waals surface area contributed by atoms with Crippen molar-refractivity contribution < 1.29 is 4.74 Å². The molecule has 2 N–H and O–H groups in total. The molecule has 3 heterocycles. The zero-order valence-corrected chi connectivity index (χ0v) is 8.26. The Balaban J connectivity index is 2.27. The molecule has 0 bridgehead atoms. The van der Waals surface area contributed by atoms with E-state index in [9.17, 15) is 0 Å². The number of aromatic nitrogens is 3. The average Bonchev–Trinajstić information content (AvgIpc) is 2.67. The highest BCUT2D eigenvalue weighted by Gasteiger charge is 2.24. The van der Waals surface area contributed by atoms with Crippen molar-refractivity contribution >= 4 is 11.0 Å². The summed E-state index contributed by atoms with van der Waals surface area (Å²) in [6, 6.07) is 3.85. The molecule has 0 aliphatic carbocycles. The van der Waals surface area contributed by atoms with Gasteiger partial charge in [-0.25, -0.2) is 0 Å². The van der Waals surface area contributed by atoms with Gasteiger partial charge in [-0.1, -0.05) is 0 Å². The lowest BCUT2D eigenvalue weighted by Gasteiger charge is -2.22. The van der Waals surface area contributed by atoms with E-state index in [1.54, 1.807) is 6.20 Å². The van der Waals surface area contributed by atoms with Crippen LogP contribution in [0.3, 0.4) is 0 Å². The quantitative estimate of drug-likeness (QED) is 0.733. The molecule has 2 aromatic rings. The van der Waals surface area contributed by atoms with Crippen molar-refractivity contribution in [1.29, 1.82) is 0 Å². The molecular formula is C10H12N4O. The van der Waals surface area contributed by atoms with Crippen molar-refractivity contribution in [2.24, 2.45) is 5.73 Å². The summed E-state index contributed by atoms with van der Waals surface area (Å²) < 4.78 is 7.55. The molecule has 5 heteroatoms. The summed E-state index contributed by atoms with van der Waals surface area (Å²) in [5.74, 6) is 0. The fourth-order valence-corrected chi connectivity index (χ4v) is 2.01. The Morgan fingerprint density at radius 3 is 3.40 bits per heavy atom. The molecule has 2 aromatic heterocycles. The molecule has 0 radical (unpaired) electrons. The van der Waals surface area contributed by atoms with Crippen molar-refractivity contribution in [2.75, 3.05) is 13.2 Å². The van der Waals surface area contributed by atoms with Crippen LogP contribution in [0.15, 0.2) is 18.3 Å². The first-order valence-electron chi connectivity index (χ1n) is 5.03. The van der Waals surface area contributed by atoms with E-state index in [2.05, 4.69) is 10.1 Å². The number of hydrogen-bond donors (Lipinski definition) is 1. The Labute approximate surface area is 86.8 Å². The van der Waals surface area contributed by atoms with Crippen LogP contribution in [0.4, 0.5) is 0 Å². The van der Waals surface area contributed by atoms with Gasteiger partial charge in [0, 0.05) is 12.7 Å². The van der Waals surface area contributed by atoms with Crippen LogP contribution in [0, 0.1) is 0 Å². The smallest absolute Gasteiger partial charge is 0.114 e. The highest BCUT2D eigenvalue weighted by Crippen LogP contribution is 2.27. The first-order chi connectivity index (χ1) is 7.40. The SMILES string of the molecule is NC[C@H]1OCCn2nc3cccnc3c21. The summed E-state index contributed by atoms with van der Waals surface area (Å²) in [6.07, 6.45) is 1.70. The summed E-state index contributed by atoms with van der Waals surface area (Å²) in [6.45, 7) is 1.92. The van der Waals surface area contributed by atoms with E-state index in [1.165, 1.54) is 0 Å². The third-order valence-corrected chi connectivity index (χ3v) is 2.68. The minimum Gasteiger partial charge on any atom is -0.369 e. The fraction of sp³-hybridized carbons (Fsp3) is 0.400. The average molecular weight is 204 g/mol. The van der Waals surface area contributed by atoms with Crippen LogP contribution in [-0.4, -0.2) is 27.9 Å². The molecule has 3 rings (SSSR count). The fourth-order valence-electron chi connectivity index (χ4n) is 2.01. The van der Waals surface area contributed by atoms with Crippen LogP contribution in [0.5, 0.6) is 0 Å². The molecule has 0 spiro atoms. The third kappa shape index (κ3) is 1.24. The minimum atomic E-state index is -0.0707. The van der Waals surface area contributed by atoms with Gasteiger partial charge in [-0.3, -0.25) is 9.67 Å². The van der Waals surface area contributed by atoms with E-state index in [0.29, 0.717) is 13.2 Å². The maximum atomic E-state index is 5.67. The van der Waals surface area contributed by atoms with E-state index in [0.717, 1.165) is 23.3 Å². The number of nitrogens with two attached hydrogens (primary N) is 1. The second-order valence-electron chi connectivity index (χ2n) is 3.57. The Morgan fingerprint density at radius 2 is 2.53 bits per heavy atom. The van der Waals surface area contributed by atoms with Crippen LogP contribution >= 0.6 is 0 Å². The Hall–Kier alpha value is -1.46. The zero-order chi connectivity index (χ0) is 10.3. The highest BCUT2D eigenvalue weighted by atomic mass is 16.5. The summed E-state index contributed by atoms with van der Waals surface area (Å²) in [5, 5.41) is 4.47. The lowest BCUT2D eigenvalue weighted by atomic mass is 10.2. The second kappa shape index (κ2) is 3.29. The van der Waals surface area contributed by atoms with Crippen LogP contribution in [0.2, 0.25) is 0 Å². The Morgan fingerprint density at radius 1 is 1.60 bits per heavy atom. The highest BCUT2D eigenvalue weighted by molar-refractivity contribution is 5.77. The molecule has 1 atom stereocenters. The van der Waals surface area contributed by atoms with Gasteiger partial charge in [-0.05, 0) is 12.1 Å². The molecule has 78 valence electrons. The number of hydrogen-bond acceptors (Lipinski definition) is 4. The van der Waals surface area contributed by atoms with Crippen LogP contribution in [0.1, 0.15) is 11.8 Å². The minimum absolute atomic E-state index is 0.0707. The number of nitrogens with zero attached hydrogens (tertiary/aromatic N) is 3. The van der Waals surface area contributed by atoms with Crippen molar-refractivity contribution in [2.45, 2.75) is 12.6 Å². The summed E-state index contributed by atoms with van der Waals surface area (Å²) in [4.78, 5) is 4.33. The third-order valence-electron chi connectivity index (χ3n) is 2.68. The molecule has 0 saturated heterocycles. The number of fused-ring (bicyclic) bond motifs is 3. The molecule has 5 nitrogen and oxygen atoms in total. The van der Waals surface area contributed by atoms with Gasteiger partial charge in [-0.2, -0.15) is 5.10 Å². The van der Waals surface area contributed by atoms with Gasteiger partial charge in [0.2, 0.25) is 0 Å². The zero-order valence-electron chi connectivity index (χ0n) is 8.26. The van der Waals surface area contributed by atoms with E-state index in [1.807, 2.05) is 16.8 Å². The van der Waals surface area contributed by atoms with Gasteiger partial charge < -0.3 is 10.5 Å². The van der Waals surface area contributed by atoms with Gasteiger partial charge >= 0.3 is 0 Å². The van der Waals surface area contributed by atoms with E-state index >= 15 is 0 Å². The summed E-state index contributed by atoms with van der Waals surface area (Å²) in [5.41, 5.74) is 8.51. The van der Waals surface area contributed by atoms with Crippen molar-refractivity contribution in [3.05, 3.63) is 24.0 Å². The molecule has 0 amide bonds. The van der Waals surface area contributed by atoms with E-state index < -0.39 is 0 Å². The maximum absolute atomic E-state index is 5.67. The van der Waals surface area contributed by atoms with Crippen molar-refractivity contribution in [3.8, 4) is 0 Å². The first-order valence-corrected chi connectivity index (χ1v) is 5.03. The Kier molecular flexibility index (Phi) is 1.93. The lowest BCUT2D eigenvalue weighted by molar-refractivity contribution is 0.0235. The second-order valence-corrected chi connectivity index (χ2v) is 3.57. The number of pyridine rings is 1. The maximum Gasteiger partial charge on any atom is 0.114 e. The molecule has 0 saturated carbocycles. The molecule has 15 heavy (non-hydrogen) atoms. The molecular weight excluding hydrogens is 192 g/mol. The van der Waals surface area contributed by atoms with Crippen LogP contribution in [-0.2, 0) is 11.3 Å². The molecule has 0 unspecified atom stereocenters. The normalized spacial score (nSPS) is 20.5. The number of ether oxygens (including phenoxy) is 1. The van der Waals surface area contributed by atoms with Gasteiger partial charge in [0.25, 0.3) is 0 Å². The van der Waals surface area contributed by atoms with E-state index in [4.69, 9.17) is 10.5 Å². The lowest BCUT2D eigenvalue weighted by Crippen LogP contribution is -2.27. The Bertz CT molecular complexity index is 493. The topological polar surface area (TPSA) is 66.0 Å². The van der Waals surface area contributed by atoms with Crippen molar-refractivity contribution in [1.82, 2.24) is 14.8 Å². The van der Waals surface area contributed by atoms with E-state index in [-0.39, 0.29) is 6.10 Å². The van der Waals surface area contributed by atoms with Gasteiger partial charge in [0.05, 0.1) is 18.8 Å². The van der Waals surface area contributed by atoms with Crippen LogP contribution < -0.4 is 5.73 Å². The predicted octanol–water partition coefficient (Wildman–Crippen LogP) is 0.461. The number of rotatable bonds is 1. The first kappa shape index (κ1) is 8.82. The molecule has 0 fully saturated rings. The molecule has 1 aliphatic rings. The standard InChI is InChI=1S/C10H12N4O/c11-6-8-10-9-7(2-1-3-12-9)13-14(10)4-5-15-8/h1-3,8H,4-6,11H2/t8-/m1/s1. The van der Waals surface area contributed by atoms with Crippen LogP contribution in [0.25, 0.3) is 11.0 Å².